The van der Waals surface area contributed by atoms with Gasteiger partial charge in [-0.25, -0.2) is 9.59 Å². The molecule has 2 rings (SSSR count). The lowest BCUT2D eigenvalue weighted by Crippen LogP contribution is -2.52. The van der Waals surface area contributed by atoms with Gasteiger partial charge in [0, 0.05) is 25.6 Å². The summed E-state index contributed by atoms with van der Waals surface area (Å²) in [7, 11) is 0. The molecule has 120 valence electrons. The number of aliphatic hydroxyl groups is 2. The fraction of sp³-hybridized carbons (Fsp3) is 0.857. The predicted molar refractivity (Wildman–Crippen MR) is 74.8 cm³/mol. The van der Waals surface area contributed by atoms with Crippen LogP contribution in [0.25, 0.3) is 0 Å². The first kappa shape index (κ1) is 16.0. The fourth-order valence-corrected chi connectivity index (χ4v) is 3.36. The summed E-state index contributed by atoms with van der Waals surface area (Å²) in [4.78, 5) is 26.7. The van der Waals surface area contributed by atoms with Gasteiger partial charge in [0.05, 0.1) is 12.7 Å². The molecule has 3 N–H and O–H groups in total. The van der Waals surface area contributed by atoms with Crippen LogP contribution in [-0.4, -0.2) is 75.0 Å². The largest absolute Gasteiger partial charge is 0.480 e. The number of carboxylic acids is 1. The molecule has 1 saturated heterocycles. The summed E-state index contributed by atoms with van der Waals surface area (Å²) < 4.78 is 0. The molecule has 21 heavy (non-hydrogen) atoms. The van der Waals surface area contributed by atoms with E-state index in [4.69, 9.17) is 0 Å². The Morgan fingerprint density at radius 3 is 2.43 bits per heavy atom. The van der Waals surface area contributed by atoms with E-state index in [9.17, 15) is 24.9 Å². The maximum Gasteiger partial charge on any atom is 0.326 e. The van der Waals surface area contributed by atoms with Gasteiger partial charge in [0.25, 0.3) is 0 Å². The van der Waals surface area contributed by atoms with Gasteiger partial charge in [-0.05, 0) is 12.8 Å². The van der Waals surface area contributed by atoms with E-state index in [1.807, 2.05) is 0 Å². The number of aliphatic hydroxyl groups excluding tert-OH is 2. The van der Waals surface area contributed by atoms with Crippen molar-refractivity contribution in [3.63, 3.8) is 0 Å². The third-order valence-corrected chi connectivity index (χ3v) is 4.41. The standard InChI is InChI=1S/C14H24N2O5/c17-7-6-15(10-4-2-1-3-5-10)14(21)16-9-11(18)8-12(16)13(19)20/h10-12,17-18H,1-9H2,(H,19,20)/t11-,12+/m1/s1. The van der Waals surface area contributed by atoms with Crippen LogP contribution in [0.3, 0.4) is 0 Å². The first-order valence-corrected chi connectivity index (χ1v) is 7.63. The maximum atomic E-state index is 12.7. The SMILES string of the molecule is O=C(O)[C@@H]1C[C@@H](O)CN1C(=O)N(CCO)C1CCCCC1. The van der Waals surface area contributed by atoms with Crippen molar-refractivity contribution in [2.75, 3.05) is 19.7 Å². The summed E-state index contributed by atoms with van der Waals surface area (Å²) >= 11 is 0. The lowest BCUT2D eigenvalue weighted by molar-refractivity contribution is -0.141. The quantitative estimate of drug-likeness (QED) is 0.691. The van der Waals surface area contributed by atoms with Gasteiger partial charge in [-0.15, -0.1) is 0 Å². The van der Waals surface area contributed by atoms with Crippen LogP contribution in [0.4, 0.5) is 4.79 Å². The van der Waals surface area contributed by atoms with Crippen molar-refractivity contribution in [3.05, 3.63) is 0 Å². The Hall–Kier alpha value is -1.34. The summed E-state index contributed by atoms with van der Waals surface area (Å²) in [5.74, 6) is -1.09. The van der Waals surface area contributed by atoms with Crippen LogP contribution in [0, 0.1) is 0 Å². The Morgan fingerprint density at radius 1 is 1.19 bits per heavy atom. The molecule has 1 heterocycles. The summed E-state index contributed by atoms with van der Waals surface area (Å²) in [6, 6.07) is -1.29. The molecular weight excluding hydrogens is 276 g/mol. The van der Waals surface area contributed by atoms with E-state index < -0.39 is 18.1 Å². The zero-order chi connectivity index (χ0) is 15.4. The smallest absolute Gasteiger partial charge is 0.326 e. The maximum absolute atomic E-state index is 12.7. The van der Waals surface area contributed by atoms with Crippen LogP contribution in [0.1, 0.15) is 38.5 Å². The topological polar surface area (TPSA) is 101 Å². The minimum absolute atomic E-state index is 0.0461. The van der Waals surface area contributed by atoms with Crippen molar-refractivity contribution in [3.8, 4) is 0 Å². The molecule has 7 nitrogen and oxygen atoms in total. The second-order valence-corrected chi connectivity index (χ2v) is 5.89. The van der Waals surface area contributed by atoms with Gasteiger partial charge in [-0.2, -0.15) is 0 Å². The second-order valence-electron chi connectivity index (χ2n) is 5.89. The number of nitrogens with zero attached hydrogens (tertiary/aromatic N) is 2. The average Bonchev–Trinajstić information content (AvgIpc) is 2.87. The van der Waals surface area contributed by atoms with Crippen molar-refractivity contribution in [1.29, 1.82) is 0 Å². The number of amides is 2. The van der Waals surface area contributed by atoms with Crippen molar-refractivity contribution >= 4 is 12.0 Å². The number of hydrogen-bond acceptors (Lipinski definition) is 4. The van der Waals surface area contributed by atoms with Crippen LogP contribution in [-0.2, 0) is 4.79 Å². The Kier molecular flexibility index (Phi) is 5.41. The molecule has 2 amide bonds. The van der Waals surface area contributed by atoms with Crippen LogP contribution in [0.5, 0.6) is 0 Å². The second kappa shape index (κ2) is 7.09. The highest BCUT2D eigenvalue weighted by Crippen LogP contribution is 2.26. The normalized spacial score (nSPS) is 26.9. The van der Waals surface area contributed by atoms with Crippen molar-refractivity contribution in [2.24, 2.45) is 0 Å². The van der Waals surface area contributed by atoms with Gasteiger partial charge >= 0.3 is 12.0 Å². The van der Waals surface area contributed by atoms with E-state index in [1.165, 1.54) is 4.90 Å². The highest BCUT2D eigenvalue weighted by molar-refractivity contribution is 5.83. The van der Waals surface area contributed by atoms with E-state index >= 15 is 0 Å². The van der Waals surface area contributed by atoms with Crippen LogP contribution in [0.15, 0.2) is 0 Å². The number of likely N-dealkylation sites (tertiary alicyclic amines) is 1. The van der Waals surface area contributed by atoms with Gasteiger partial charge < -0.3 is 25.1 Å². The summed E-state index contributed by atoms with van der Waals surface area (Å²) in [6.07, 6.45) is 4.30. The molecule has 2 aliphatic rings. The molecule has 1 aliphatic heterocycles. The molecule has 2 fully saturated rings. The van der Waals surface area contributed by atoms with Gasteiger partial charge in [0.1, 0.15) is 6.04 Å². The average molecular weight is 300 g/mol. The van der Waals surface area contributed by atoms with Gasteiger partial charge in [0.2, 0.25) is 0 Å². The highest BCUT2D eigenvalue weighted by Gasteiger charge is 2.41. The first-order chi connectivity index (χ1) is 10.0. The molecule has 7 heteroatoms. The van der Waals surface area contributed by atoms with Crippen LogP contribution >= 0.6 is 0 Å². The Morgan fingerprint density at radius 2 is 1.86 bits per heavy atom. The number of carbonyl (C=O) groups is 2. The molecule has 0 aromatic heterocycles. The number of carboxylic acid groups (broad SMARTS) is 1. The zero-order valence-electron chi connectivity index (χ0n) is 12.1. The molecule has 0 radical (unpaired) electrons. The third-order valence-electron chi connectivity index (χ3n) is 4.41. The number of carbonyl (C=O) groups excluding carboxylic acids is 1. The summed E-state index contributed by atoms with van der Waals surface area (Å²) in [5, 5.41) is 28.1. The number of rotatable bonds is 4. The molecule has 1 aliphatic carbocycles. The minimum atomic E-state index is -1.09. The molecular formula is C14H24N2O5. The molecule has 0 aromatic rings. The molecule has 0 spiro atoms. The summed E-state index contributed by atoms with van der Waals surface area (Å²) in [6.45, 7) is 0.114. The van der Waals surface area contributed by atoms with Gasteiger partial charge in [-0.1, -0.05) is 19.3 Å². The molecule has 0 bridgehead atoms. The van der Waals surface area contributed by atoms with E-state index in [0.29, 0.717) is 0 Å². The summed E-state index contributed by atoms with van der Waals surface area (Å²) in [5.41, 5.74) is 0. The Balaban J connectivity index is 2.11. The van der Waals surface area contributed by atoms with E-state index in [2.05, 4.69) is 0 Å². The minimum Gasteiger partial charge on any atom is -0.480 e. The predicted octanol–water partition coefficient (Wildman–Crippen LogP) is 0.253. The number of aliphatic carboxylic acids is 1. The third kappa shape index (κ3) is 3.65. The van der Waals surface area contributed by atoms with Crippen LogP contribution in [0.2, 0.25) is 0 Å². The Labute approximate surface area is 124 Å². The van der Waals surface area contributed by atoms with Gasteiger partial charge in [-0.3, -0.25) is 0 Å². The lowest BCUT2D eigenvalue weighted by atomic mass is 9.94. The van der Waals surface area contributed by atoms with Crippen LogP contribution < -0.4 is 0 Å². The van der Waals surface area contributed by atoms with E-state index in [1.54, 1.807) is 4.90 Å². The molecule has 1 saturated carbocycles. The highest BCUT2D eigenvalue weighted by atomic mass is 16.4. The van der Waals surface area contributed by atoms with E-state index in [-0.39, 0.29) is 38.2 Å². The van der Waals surface area contributed by atoms with Crippen molar-refractivity contribution in [1.82, 2.24) is 9.80 Å². The van der Waals surface area contributed by atoms with Crippen molar-refractivity contribution in [2.45, 2.75) is 56.7 Å². The number of hydrogen-bond donors (Lipinski definition) is 3. The van der Waals surface area contributed by atoms with Gasteiger partial charge in [0.15, 0.2) is 0 Å². The number of β-amino-alcohol motifs (C(OH)–C–C–N with tert-alkyl or cyclic N) is 1. The van der Waals surface area contributed by atoms with Crippen molar-refractivity contribution < 1.29 is 24.9 Å². The molecule has 2 atom stereocenters. The first-order valence-electron chi connectivity index (χ1n) is 7.63. The monoisotopic (exact) mass is 300 g/mol. The fourth-order valence-electron chi connectivity index (χ4n) is 3.36. The molecule has 0 unspecified atom stereocenters. The van der Waals surface area contributed by atoms with E-state index in [0.717, 1.165) is 32.1 Å². The molecule has 0 aromatic carbocycles. The lowest BCUT2D eigenvalue weighted by Gasteiger charge is -2.37. The number of urea groups is 1. The Bertz CT molecular complexity index is 384. The zero-order valence-corrected chi connectivity index (χ0v) is 12.1.